The zero-order chi connectivity index (χ0) is 38.9. The van der Waals surface area contributed by atoms with Gasteiger partial charge in [-0.15, -0.1) is 0 Å². The molecule has 0 spiro atoms. The molecule has 0 saturated heterocycles. The van der Waals surface area contributed by atoms with Crippen LogP contribution in [0.15, 0.2) is 127 Å². The van der Waals surface area contributed by atoms with Gasteiger partial charge in [-0.1, -0.05) is 54.6 Å². The van der Waals surface area contributed by atoms with E-state index in [2.05, 4.69) is 137 Å². The first-order valence-electron chi connectivity index (χ1n) is 23.5. The van der Waals surface area contributed by atoms with Crippen molar-refractivity contribution in [1.29, 1.82) is 0 Å². The van der Waals surface area contributed by atoms with Crippen LogP contribution in [0.5, 0.6) is 11.5 Å². The molecule has 2 aliphatic heterocycles. The fourth-order valence-corrected chi connectivity index (χ4v) is 16.5. The first-order valence-corrected chi connectivity index (χ1v) is 23.5. The summed E-state index contributed by atoms with van der Waals surface area (Å²) in [4.78, 5) is 2.47. The molecular formula is C56H51BN2O. The van der Waals surface area contributed by atoms with Crippen LogP contribution in [0.2, 0.25) is 0 Å². The summed E-state index contributed by atoms with van der Waals surface area (Å²) in [5.74, 6) is 7.52. The summed E-state index contributed by atoms with van der Waals surface area (Å²) in [5.41, 5.74) is 15.4. The van der Waals surface area contributed by atoms with E-state index in [1.54, 1.807) is 11.1 Å². The van der Waals surface area contributed by atoms with Gasteiger partial charge in [-0.3, -0.25) is 0 Å². The van der Waals surface area contributed by atoms with Gasteiger partial charge in [0.25, 0.3) is 6.71 Å². The Balaban J connectivity index is 0.959. The minimum absolute atomic E-state index is 0.0644. The standard InChI is InChI=1S/C56H51BN2O/c1-2-7-42(8-3-1)58-50-18-15-43(27-47(50)57-46-9-4-5-11-52(46)60-53-12-6-10-51(58)54(53)57)59-48-16-13-40(55-28-34-19-35(29-55)21-36(20-34)30-55)25-44(48)45-26-41(14-17-49(45)59)56-31-37-22-38(32-56)24-39(23-37)33-56/h1-18,25-27,34-39H,19-24,28-33H2. The fourth-order valence-electron chi connectivity index (χ4n) is 16.5. The van der Waals surface area contributed by atoms with Crippen LogP contribution >= 0.6 is 0 Å². The highest BCUT2D eigenvalue weighted by atomic mass is 16.5. The van der Waals surface area contributed by atoms with Gasteiger partial charge in [-0.2, -0.15) is 0 Å². The van der Waals surface area contributed by atoms with Crippen molar-refractivity contribution < 1.29 is 4.74 Å². The van der Waals surface area contributed by atoms with Crippen molar-refractivity contribution in [2.45, 2.75) is 87.9 Å². The Bertz CT molecular complexity index is 2790. The number of hydrogen-bond donors (Lipinski definition) is 0. The zero-order valence-corrected chi connectivity index (χ0v) is 34.5. The van der Waals surface area contributed by atoms with Crippen molar-refractivity contribution in [2.24, 2.45) is 35.5 Å². The average Bonchev–Trinajstić information content (AvgIpc) is 3.59. The second-order valence-corrected chi connectivity index (χ2v) is 21.4. The second kappa shape index (κ2) is 11.8. The minimum atomic E-state index is 0.0644. The third-order valence-electron chi connectivity index (χ3n) is 17.9. The van der Waals surface area contributed by atoms with Crippen molar-refractivity contribution in [3.05, 3.63) is 139 Å². The van der Waals surface area contributed by atoms with E-state index in [4.69, 9.17) is 4.74 Å². The summed E-state index contributed by atoms with van der Waals surface area (Å²) in [7, 11) is 0. The Morgan fingerprint density at radius 2 is 1.00 bits per heavy atom. The molecule has 10 aliphatic rings. The first-order chi connectivity index (χ1) is 29.5. The van der Waals surface area contributed by atoms with E-state index in [-0.39, 0.29) is 6.71 Å². The van der Waals surface area contributed by atoms with Crippen LogP contribution in [0.1, 0.15) is 88.2 Å². The molecule has 60 heavy (non-hydrogen) atoms. The van der Waals surface area contributed by atoms with Crippen LogP contribution in [0.25, 0.3) is 27.5 Å². The number of nitrogens with zero attached hydrogens (tertiary/aromatic N) is 2. The number of rotatable bonds is 4. The minimum Gasteiger partial charge on any atom is -0.458 e. The molecule has 0 amide bonds. The number of para-hydroxylation sites is 2. The van der Waals surface area contributed by atoms with E-state index >= 15 is 0 Å². The van der Waals surface area contributed by atoms with Crippen LogP contribution in [-0.4, -0.2) is 11.3 Å². The Morgan fingerprint density at radius 3 is 1.60 bits per heavy atom. The lowest BCUT2D eigenvalue weighted by atomic mass is 9.34. The number of anilines is 3. The molecule has 3 heterocycles. The van der Waals surface area contributed by atoms with Crippen molar-refractivity contribution >= 4 is 62.0 Å². The summed E-state index contributed by atoms with van der Waals surface area (Å²) in [6.07, 6.45) is 17.3. The van der Waals surface area contributed by atoms with Gasteiger partial charge in [0.05, 0.1) is 11.0 Å². The number of hydrogen-bond acceptors (Lipinski definition) is 2. The summed E-state index contributed by atoms with van der Waals surface area (Å²) < 4.78 is 9.34. The maximum atomic E-state index is 6.71. The number of fused-ring (bicyclic) bond motifs is 7. The highest BCUT2D eigenvalue weighted by Gasteiger charge is 2.53. The smallest absolute Gasteiger partial charge is 0.256 e. The van der Waals surface area contributed by atoms with E-state index < -0.39 is 0 Å². The van der Waals surface area contributed by atoms with E-state index in [9.17, 15) is 0 Å². The van der Waals surface area contributed by atoms with Crippen LogP contribution in [0.4, 0.5) is 17.1 Å². The highest BCUT2D eigenvalue weighted by Crippen LogP contribution is 2.63. The zero-order valence-electron chi connectivity index (χ0n) is 34.5. The molecule has 8 aliphatic carbocycles. The summed E-state index contributed by atoms with van der Waals surface area (Å²) in [6, 6.07) is 49.3. The molecule has 8 saturated carbocycles. The van der Waals surface area contributed by atoms with Crippen LogP contribution in [0, 0.1) is 35.5 Å². The molecular weight excluding hydrogens is 727 g/mol. The van der Waals surface area contributed by atoms with Gasteiger partial charge in [0.2, 0.25) is 0 Å². The van der Waals surface area contributed by atoms with Gasteiger partial charge in [0.15, 0.2) is 0 Å². The molecule has 4 heteroatoms. The number of ether oxygens (including phenoxy) is 1. The van der Waals surface area contributed by atoms with Gasteiger partial charge < -0.3 is 14.2 Å². The molecule has 0 unspecified atom stereocenters. The molecule has 0 N–H and O–H groups in total. The third kappa shape index (κ3) is 4.53. The normalized spacial score (nSPS) is 31.1. The van der Waals surface area contributed by atoms with E-state index in [0.717, 1.165) is 47.0 Å². The molecule has 8 fully saturated rings. The molecule has 6 aromatic carbocycles. The maximum absolute atomic E-state index is 6.71. The van der Waals surface area contributed by atoms with Crippen molar-refractivity contribution in [1.82, 2.24) is 4.57 Å². The van der Waals surface area contributed by atoms with Crippen molar-refractivity contribution in [2.75, 3.05) is 4.90 Å². The first kappa shape index (κ1) is 33.5. The molecule has 8 bridgehead atoms. The molecule has 0 atom stereocenters. The van der Waals surface area contributed by atoms with Crippen molar-refractivity contribution in [3.63, 3.8) is 0 Å². The molecule has 1 aromatic heterocycles. The lowest BCUT2D eigenvalue weighted by molar-refractivity contribution is -0.00528. The summed E-state index contributed by atoms with van der Waals surface area (Å²) in [5, 5.41) is 2.94. The maximum Gasteiger partial charge on any atom is 0.256 e. The predicted molar refractivity (Wildman–Crippen MR) is 246 cm³/mol. The van der Waals surface area contributed by atoms with E-state index in [1.165, 1.54) is 138 Å². The molecule has 3 nitrogen and oxygen atoms in total. The van der Waals surface area contributed by atoms with E-state index in [0.29, 0.717) is 10.8 Å². The molecule has 0 radical (unpaired) electrons. The average molecular weight is 779 g/mol. The highest BCUT2D eigenvalue weighted by molar-refractivity contribution is 6.99. The van der Waals surface area contributed by atoms with Gasteiger partial charge in [-0.25, -0.2) is 0 Å². The second-order valence-electron chi connectivity index (χ2n) is 21.4. The Hall–Kier alpha value is -5.22. The Morgan fingerprint density at radius 1 is 0.450 bits per heavy atom. The van der Waals surface area contributed by atoms with Crippen LogP contribution in [-0.2, 0) is 10.8 Å². The topological polar surface area (TPSA) is 17.4 Å². The van der Waals surface area contributed by atoms with E-state index in [1.807, 2.05) is 0 Å². The fraction of sp³-hybridized carbons (Fsp3) is 0.357. The number of aromatic nitrogens is 1. The van der Waals surface area contributed by atoms with Crippen LogP contribution < -0.4 is 26.0 Å². The quantitative estimate of drug-likeness (QED) is 0.166. The Kier molecular flexibility index (Phi) is 6.58. The third-order valence-corrected chi connectivity index (χ3v) is 17.9. The monoisotopic (exact) mass is 778 g/mol. The predicted octanol–water partition coefficient (Wildman–Crippen LogP) is 12.1. The molecule has 294 valence electrons. The largest absolute Gasteiger partial charge is 0.458 e. The molecule has 7 aromatic rings. The lowest BCUT2D eigenvalue weighted by Crippen LogP contribution is -2.59. The number of benzene rings is 6. The lowest BCUT2D eigenvalue weighted by Gasteiger charge is -2.57. The molecule has 17 rings (SSSR count). The van der Waals surface area contributed by atoms with Gasteiger partial charge in [0.1, 0.15) is 11.5 Å². The SMILES string of the molecule is c1ccc(N2c3ccc(-n4c5ccc(C67CC8CC(CC(C8)C6)C7)cc5c5cc(C67CC8CC(CC(C8)C6)C7)ccc54)cc3B3c4ccccc4Oc4cccc2c43)cc1. The summed E-state index contributed by atoms with van der Waals surface area (Å²) in [6.45, 7) is 0.0644. The summed E-state index contributed by atoms with van der Waals surface area (Å²) >= 11 is 0. The van der Waals surface area contributed by atoms with Gasteiger partial charge >= 0.3 is 0 Å². The Labute approximate surface area is 353 Å². The van der Waals surface area contributed by atoms with Gasteiger partial charge in [-0.05, 0) is 224 Å². The van der Waals surface area contributed by atoms with Gasteiger partial charge in [0, 0.05) is 33.5 Å². The van der Waals surface area contributed by atoms with Crippen LogP contribution in [0.3, 0.4) is 0 Å². The van der Waals surface area contributed by atoms with Crippen molar-refractivity contribution in [3.8, 4) is 17.2 Å².